The summed E-state index contributed by atoms with van der Waals surface area (Å²) in [6.07, 6.45) is -0.357. The van der Waals surface area contributed by atoms with Crippen molar-refractivity contribution < 1.29 is 23.6 Å². The van der Waals surface area contributed by atoms with E-state index in [9.17, 15) is 14.0 Å². The molecule has 0 amide bonds. The zero-order valence-corrected chi connectivity index (χ0v) is 52.3. The van der Waals surface area contributed by atoms with Crippen molar-refractivity contribution in [2.75, 3.05) is 0 Å². The van der Waals surface area contributed by atoms with E-state index in [4.69, 9.17) is 0 Å². The molecule has 4 atom stereocenters. The van der Waals surface area contributed by atoms with Gasteiger partial charge in [0.25, 0.3) is 0 Å². The van der Waals surface area contributed by atoms with Gasteiger partial charge in [-0.15, -0.1) is 11.3 Å². The van der Waals surface area contributed by atoms with Crippen LogP contribution < -0.4 is 0 Å². The van der Waals surface area contributed by atoms with Crippen LogP contribution in [0.1, 0.15) is 198 Å². The zero-order chi connectivity index (χ0) is 62.3. The first-order valence-electron chi connectivity index (χ1n) is 30.3. The maximum absolute atomic E-state index is 15.2. The van der Waals surface area contributed by atoms with Crippen LogP contribution >= 0.6 is 11.3 Å². The fourth-order valence-corrected chi connectivity index (χ4v) is 15.9. The van der Waals surface area contributed by atoms with E-state index < -0.39 is 11.8 Å². The minimum atomic E-state index is -0.439. The van der Waals surface area contributed by atoms with Crippen molar-refractivity contribution in [1.29, 1.82) is 0 Å². The molecule has 0 saturated heterocycles. The van der Waals surface area contributed by atoms with Gasteiger partial charge in [0, 0.05) is 100 Å². The summed E-state index contributed by atoms with van der Waals surface area (Å²) in [5, 5.41) is 5.44. The maximum Gasteiger partial charge on any atom is 0.172 e. The molecule has 0 bridgehead atoms. The molecule has 0 fully saturated rings. The van der Waals surface area contributed by atoms with Gasteiger partial charge in [0.2, 0.25) is 0 Å². The second kappa shape index (κ2) is 23.0. The highest BCUT2D eigenvalue weighted by Crippen LogP contribution is 2.46. The third-order valence-corrected chi connectivity index (χ3v) is 19.7. The van der Waals surface area contributed by atoms with Gasteiger partial charge < -0.3 is 29.9 Å². The first kappa shape index (κ1) is 58.1. The topological polar surface area (TPSA) is 163 Å². The Morgan fingerprint density at radius 3 is 1.21 bits per heavy atom. The normalized spacial score (nSPS) is 13.2. The zero-order valence-electron chi connectivity index (χ0n) is 51.5. The number of aryl methyl sites for hydroxylation is 4. The van der Waals surface area contributed by atoms with Gasteiger partial charge >= 0.3 is 0 Å². The van der Waals surface area contributed by atoms with Crippen LogP contribution in [-0.4, -0.2) is 53.0 Å². The van der Waals surface area contributed by atoms with E-state index >= 15 is 9.59 Å². The Kier molecular flexibility index (Phi) is 15.0. The van der Waals surface area contributed by atoms with E-state index in [1.807, 2.05) is 73.6 Å². The number of halogens is 1. The van der Waals surface area contributed by atoms with Crippen molar-refractivity contribution in [1.82, 2.24) is 29.9 Å². The number of nitrogens with one attached hydrogen (secondary N) is 6. The van der Waals surface area contributed by atoms with Gasteiger partial charge in [-0.2, -0.15) is 0 Å². The first-order valence-corrected chi connectivity index (χ1v) is 31.1. The van der Waals surface area contributed by atoms with Crippen LogP contribution in [0.15, 0.2) is 164 Å². The lowest BCUT2D eigenvalue weighted by atomic mass is 9.86. The molecule has 7 aromatic heterocycles. The Morgan fingerprint density at radius 2 is 0.764 bits per heavy atom. The number of aromatic amines is 6. The SMILES string of the molecule is CC(=O)c1c(C)[nH]c(C(c2ccc(F)cc2)c2ccc(C(c3[nH]c(C)c(C(=O)CC(=O)c4c(C)[nH]c(C(c5ccc(C(c6[nH]c(C)c(C(C)=O)c6C)c6cccc7ccccc67)[nH]5)c5cc6ccccc6s5)c4C)c3C)c3cccc4ccccc34)[nH]2)c1C. The van der Waals surface area contributed by atoms with E-state index in [-0.39, 0.29) is 47.2 Å². The van der Waals surface area contributed by atoms with E-state index in [2.05, 4.69) is 151 Å². The number of thiophene rings is 1. The lowest BCUT2D eigenvalue weighted by Gasteiger charge is -2.21. The molecule has 6 aromatic carbocycles. The Hall–Kier alpha value is -9.91. The molecule has 13 rings (SSSR count). The fourth-order valence-electron chi connectivity index (χ4n) is 14.7. The number of H-pyrrole nitrogens is 6. The second-order valence-corrected chi connectivity index (χ2v) is 25.3. The van der Waals surface area contributed by atoms with Crippen LogP contribution in [0.3, 0.4) is 0 Å². The Bertz CT molecular complexity index is 4930. The van der Waals surface area contributed by atoms with Crippen LogP contribution in [0.5, 0.6) is 0 Å². The molecule has 6 N–H and O–H groups in total. The van der Waals surface area contributed by atoms with Crippen LogP contribution in [0.4, 0.5) is 4.39 Å². The Labute approximate surface area is 520 Å². The summed E-state index contributed by atoms with van der Waals surface area (Å²) in [6, 6.07) is 54.8. The van der Waals surface area contributed by atoms with Gasteiger partial charge in [0.05, 0.1) is 30.1 Å². The molecule has 13 aromatic rings. The highest BCUT2D eigenvalue weighted by atomic mass is 32.1. The average Bonchev–Trinajstić information content (AvgIpc) is 1.79. The van der Waals surface area contributed by atoms with Crippen LogP contribution in [-0.2, 0) is 0 Å². The first-order chi connectivity index (χ1) is 42.9. The van der Waals surface area contributed by atoms with Crippen molar-refractivity contribution in [3.05, 3.63) is 304 Å². The summed E-state index contributed by atoms with van der Waals surface area (Å²) in [5.41, 5.74) is 18.4. The van der Waals surface area contributed by atoms with Crippen molar-refractivity contribution in [2.24, 2.45) is 0 Å². The third-order valence-electron chi connectivity index (χ3n) is 18.5. The van der Waals surface area contributed by atoms with Gasteiger partial charge in [-0.1, -0.05) is 115 Å². The number of carbonyl (C=O) groups excluding carboxylic acids is 4. The molecule has 7 heterocycles. The highest BCUT2D eigenvalue weighted by molar-refractivity contribution is 7.19. The summed E-state index contributed by atoms with van der Waals surface area (Å²) in [7, 11) is 0. The summed E-state index contributed by atoms with van der Waals surface area (Å²) in [5.74, 6) is -2.45. The molecule has 0 saturated carbocycles. The van der Waals surface area contributed by atoms with Crippen molar-refractivity contribution in [3.63, 3.8) is 0 Å². The molecule has 4 unspecified atom stereocenters. The monoisotopic (exact) mass is 1190 g/mol. The van der Waals surface area contributed by atoms with Gasteiger partial charge in [-0.05, 0) is 184 Å². The van der Waals surface area contributed by atoms with Crippen LogP contribution in [0.25, 0.3) is 31.6 Å². The predicted molar refractivity (Wildman–Crippen MR) is 356 cm³/mol. The van der Waals surface area contributed by atoms with Crippen LogP contribution in [0, 0.1) is 61.2 Å². The lowest BCUT2D eigenvalue weighted by Crippen LogP contribution is -2.12. The van der Waals surface area contributed by atoms with Crippen LogP contribution in [0.2, 0.25) is 0 Å². The molecule has 0 aliphatic carbocycles. The lowest BCUT2D eigenvalue weighted by molar-refractivity contribution is 0.0891. The minimum Gasteiger partial charge on any atom is -0.361 e. The van der Waals surface area contributed by atoms with Crippen molar-refractivity contribution in [2.45, 2.75) is 99.3 Å². The van der Waals surface area contributed by atoms with E-state index in [1.54, 1.807) is 37.3 Å². The molecule has 0 radical (unpaired) electrons. The number of Topliss-reactive ketones (excluding diaryl/α,β-unsaturated/α-hetero) is 4. The Balaban J connectivity index is 0.875. The fraction of sp³-hybridized carbons (Fsp3) is 0.195. The van der Waals surface area contributed by atoms with Gasteiger partial charge in [-0.3, -0.25) is 19.2 Å². The van der Waals surface area contributed by atoms with Gasteiger partial charge in [0.15, 0.2) is 23.1 Å². The van der Waals surface area contributed by atoms with Gasteiger partial charge in [-0.25, -0.2) is 4.39 Å². The maximum atomic E-state index is 15.2. The highest BCUT2D eigenvalue weighted by Gasteiger charge is 2.35. The summed E-state index contributed by atoms with van der Waals surface area (Å²) in [4.78, 5) is 79.9. The number of carbonyl (C=O) groups is 4. The molecule has 10 nitrogen and oxygen atoms in total. The molecule has 12 heteroatoms. The average molecular weight is 1190 g/mol. The third kappa shape index (κ3) is 10.1. The molecule has 0 aliphatic rings. The van der Waals surface area contributed by atoms with E-state index in [1.165, 1.54) is 12.1 Å². The summed E-state index contributed by atoms with van der Waals surface area (Å²) >= 11 is 1.71. The summed E-state index contributed by atoms with van der Waals surface area (Å²) in [6.45, 7) is 18.8. The van der Waals surface area contributed by atoms with Crippen molar-refractivity contribution in [3.8, 4) is 0 Å². The molecule has 0 aliphatic heterocycles. The second-order valence-electron chi connectivity index (χ2n) is 24.1. The number of fused-ring (bicyclic) bond motifs is 3. The summed E-state index contributed by atoms with van der Waals surface area (Å²) < 4.78 is 15.7. The van der Waals surface area contributed by atoms with Crippen molar-refractivity contribution >= 4 is 66.1 Å². The molecule has 89 heavy (non-hydrogen) atoms. The van der Waals surface area contributed by atoms with Gasteiger partial charge in [0.1, 0.15) is 5.82 Å². The van der Waals surface area contributed by atoms with E-state index in [0.717, 1.165) is 132 Å². The standard InChI is InChI=1S/C77H69FN6O4S/c1-39-66(47(9)85)43(5)79-74(39)70(51-29-31-53(78)32-30-51)58-33-34-59(83-58)72(57-27-18-23-50-20-12-15-25-55(50)57)76-41(3)68(45(7)81-76)62(87)38-63(88)69-42(4)77(82-46(69)8)73(65-37-52-21-13-16-28-64(52)89-65)61-36-35-60(84-61)71(75-40(2)67(48(10)86)44(6)80-75)56-26-17-22-49-19-11-14-24-54(49)56/h11-37,70-73,79-84H,38H2,1-10H3. The predicted octanol–water partition coefficient (Wildman–Crippen LogP) is 18.4. The smallest absolute Gasteiger partial charge is 0.172 e. The molecular formula is C77H69FN6O4S. The number of benzene rings is 6. The number of hydrogen-bond donors (Lipinski definition) is 6. The molecule has 0 spiro atoms. The minimum absolute atomic E-state index is 0.0113. The largest absolute Gasteiger partial charge is 0.361 e. The number of ketones is 4. The van der Waals surface area contributed by atoms with E-state index in [0.29, 0.717) is 33.6 Å². The number of rotatable bonds is 18. The Morgan fingerprint density at radius 1 is 0.393 bits per heavy atom. The number of hydrogen-bond acceptors (Lipinski definition) is 5. The molecule has 444 valence electrons. The quantitative estimate of drug-likeness (QED) is 0.0373. The number of aromatic nitrogens is 6. The molecular weight excluding hydrogens is 1120 g/mol.